The number of ether oxygens (including phenoxy) is 1. The maximum absolute atomic E-state index is 10.9. The van der Waals surface area contributed by atoms with E-state index in [1.807, 2.05) is 24.3 Å². The molecule has 15 heavy (non-hydrogen) atoms. The Hall–Kier alpha value is -1.02. The molecule has 0 N–H and O–H groups in total. The molecule has 1 aromatic carbocycles. The number of hydrogen-bond donors (Lipinski definition) is 0. The Morgan fingerprint density at radius 2 is 2.00 bits per heavy atom. The molecule has 0 aliphatic heterocycles. The zero-order valence-corrected chi connectivity index (χ0v) is 9.59. The molecular formula is C12H15ClO2. The highest BCUT2D eigenvalue weighted by atomic mass is 35.5. The van der Waals surface area contributed by atoms with Crippen LogP contribution in [0.15, 0.2) is 24.3 Å². The maximum Gasteiger partial charge on any atom is 0.150 e. The topological polar surface area (TPSA) is 26.3 Å². The summed E-state index contributed by atoms with van der Waals surface area (Å²) in [6.07, 6.45) is 1.39. The second kappa shape index (κ2) is 6.46. The molecule has 0 aliphatic carbocycles. The fourth-order valence-electron chi connectivity index (χ4n) is 1.17. The van der Waals surface area contributed by atoms with Crippen molar-refractivity contribution in [2.45, 2.75) is 19.8 Å². The first-order valence-electron chi connectivity index (χ1n) is 5.05. The van der Waals surface area contributed by atoms with E-state index in [4.69, 9.17) is 16.3 Å². The van der Waals surface area contributed by atoms with Crippen molar-refractivity contribution < 1.29 is 9.53 Å². The number of carbonyl (C=O) groups excluding carboxylic acids is 1. The number of halogens is 1. The van der Waals surface area contributed by atoms with Crippen molar-refractivity contribution >= 4 is 17.4 Å². The molecule has 1 aromatic rings. The first-order chi connectivity index (χ1) is 7.26. The molecule has 0 radical (unpaired) electrons. The summed E-state index contributed by atoms with van der Waals surface area (Å²) in [6, 6.07) is 7.89. The van der Waals surface area contributed by atoms with E-state index >= 15 is 0 Å². The van der Waals surface area contributed by atoms with Crippen molar-refractivity contribution in [1.29, 1.82) is 0 Å². The standard InChI is InChI=1S/C12H15ClO2/c1-2-10-3-5-12(6-4-10)15-8-7-11(14)9-13/h3-6H,2,7-9H2,1H3. The maximum atomic E-state index is 10.9. The van der Waals surface area contributed by atoms with E-state index in [0.29, 0.717) is 13.0 Å². The van der Waals surface area contributed by atoms with E-state index in [1.54, 1.807) is 0 Å². The van der Waals surface area contributed by atoms with Gasteiger partial charge < -0.3 is 4.74 Å². The molecule has 2 nitrogen and oxygen atoms in total. The van der Waals surface area contributed by atoms with Crippen LogP contribution in [-0.4, -0.2) is 18.3 Å². The number of ketones is 1. The quantitative estimate of drug-likeness (QED) is 0.698. The van der Waals surface area contributed by atoms with Crippen molar-refractivity contribution in [2.75, 3.05) is 12.5 Å². The van der Waals surface area contributed by atoms with Gasteiger partial charge in [-0.1, -0.05) is 19.1 Å². The van der Waals surface area contributed by atoms with Crippen LogP contribution in [-0.2, 0) is 11.2 Å². The van der Waals surface area contributed by atoms with E-state index in [2.05, 4.69) is 6.92 Å². The highest BCUT2D eigenvalue weighted by Crippen LogP contribution is 2.12. The molecule has 3 heteroatoms. The molecule has 0 unspecified atom stereocenters. The molecule has 0 spiro atoms. The van der Waals surface area contributed by atoms with Crippen molar-refractivity contribution in [3.63, 3.8) is 0 Å². The second-order valence-electron chi connectivity index (χ2n) is 3.27. The lowest BCUT2D eigenvalue weighted by Crippen LogP contribution is -2.06. The molecule has 0 fully saturated rings. The monoisotopic (exact) mass is 226 g/mol. The van der Waals surface area contributed by atoms with Crippen LogP contribution in [0.25, 0.3) is 0 Å². The summed E-state index contributed by atoms with van der Waals surface area (Å²) in [4.78, 5) is 10.9. The zero-order valence-electron chi connectivity index (χ0n) is 8.83. The molecular weight excluding hydrogens is 212 g/mol. The lowest BCUT2D eigenvalue weighted by atomic mass is 10.2. The van der Waals surface area contributed by atoms with E-state index in [-0.39, 0.29) is 11.7 Å². The van der Waals surface area contributed by atoms with Crippen LogP contribution in [0.2, 0.25) is 0 Å². The zero-order chi connectivity index (χ0) is 11.1. The molecule has 1 rings (SSSR count). The van der Waals surface area contributed by atoms with E-state index in [0.717, 1.165) is 12.2 Å². The number of carbonyl (C=O) groups is 1. The van der Waals surface area contributed by atoms with Crippen molar-refractivity contribution in [2.24, 2.45) is 0 Å². The third-order valence-corrected chi connectivity index (χ3v) is 2.43. The first kappa shape index (κ1) is 12.1. The summed E-state index contributed by atoms with van der Waals surface area (Å²) < 4.78 is 5.40. The predicted molar refractivity (Wildman–Crippen MR) is 61.7 cm³/mol. The third-order valence-electron chi connectivity index (χ3n) is 2.13. The average molecular weight is 227 g/mol. The minimum Gasteiger partial charge on any atom is -0.493 e. The van der Waals surface area contributed by atoms with Gasteiger partial charge in [-0.25, -0.2) is 0 Å². The van der Waals surface area contributed by atoms with Crippen LogP contribution in [0.1, 0.15) is 18.9 Å². The number of Topliss-reactive ketones (excluding diaryl/α,β-unsaturated/α-hetero) is 1. The third kappa shape index (κ3) is 4.34. The normalized spacial score (nSPS) is 10.0. The SMILES string of the molecule is CCc1ccc(OCCC(=O)CCl)cc1. The van der Waals surface area contributed by atoms with E-state index in [1.165, 1.54) is 5.56 Å². The van der Waals surface area contributed by atoms with Crippen molar-refractivity contribution in [1.82, 2.24) is 0 Å². The van der Waals surface area contributed by atoms with Gasteiger partial charge in [0.15, 0.2) is 5.78 Å². The van der Waals surface area contributed by atoms with Gasteiger partial charge in [-0.05, 0) is 24.1 Å². The molecule has 0 heterocycles. The summed E-state index contributed by atoms with van der Waals surface area (Å²) in [5, 5.41) is 0. The Bertz CT molecular complexity index is 306. The van der Waals surface area contributed by atoms with Gasteiger partial charge in [-0.15, -0.1) is 11.6 Å². The van der Waals surface area contributed by atoms with Crippen LogP contribution in [0.3, 0.4) is 0 Å². The van der Waals surface area contributed by atoms with E-state index < -0.39 is 0 Å². The Balaban J connectivity index is 2.34. The summed E-state index contributed by atoms with van der Waals surface area (Å²) in [6.45, 7) is 2.51. The molecule has 0 amide bonds. The molecule has 0 saturated carbocycles. The molecule has 0 bridgehead atoms. The predicted octanol–water partition coefficient (Wildman–Crippen LogP) is 2.83. The van der Waals surface area contributed by atoms with Crippen LogP contribution in [0.5, 0.6) is 5.75 Å². The highest BCUT2D eigenvalue weighted by molar-refractivity contribution is 6.27. The highest BCUT2D eigenvalue weighted by Gasteiger charge is 2.00. The summed E-state index contributed by atoms with van der Waals surface area (Å²) in [5.41, 5.74) is 1.28. The Morgan fingerprint density at radius 3 is 2.53 bits per heavy atom. The number of benzene rings is 1. The van der Waals surface area contributed by atoms with Gasteiger partial charge >= 0.3 is 0 Å². The molecule has 0 saturated heterocycles. The first-order valence-corrected chi connectivity index (χ1v) is 5.59. The van der Waals surface area contributed by atoms with Gasteiger partial charge in [0.1, 0.15) is 5.75 Å². The summed E-state index contributed by atoms with van der Waals surface area (Å²) in [7, 11) is 0. The largest absolute Gasteiger partial charge is 0.493 e. The minimum absolute atomic E-state index is 0.0156. The fourth-order valence-corrected chi connectivity index (χ4v) is 1.30. The summed E-state index contributed by atoms with van der Waals surface area (Å²) >= 11 is 5.37. The van der Waals surface area contributed by atoms with Gasteiger partial charge in [0.05, 0.1) is 12.5 Å². The van der Waals surface area contributed by atoms with Gasteiger partial charge in [-0.2, -0.15) is 0 Å². The lowest BCUT2D eigenvalue weighted by Gasteiger charge is -2.05. The Kier molecular flexibility index (Phi) is 5.19. The van der Waals surface area contributed by atoms with Crippen molar-refractivity contribution in [3.8, 4) is 5.75 Å². The molecule has 0 aliphatic rings. The second-order valence-corrected chi connectivity index (χ2v) is 3.54. The number of hydrogen-bond acceptors (Lipinski definition) is 2. The average Bonchev–Trinajstić information content (AvgIpc) is 2.29. The van der Waals surface area contributed by atoms with Crippen LogP contribution in [0, 0.1) is 0 Å². The fraction of sp³-hybridized carbons (Fsp3) is 0.417. The Morgan fingerprint density at radius 1 is 1.33 bits per heavy atom. The Labute approximate surface area is 95.2 Å². The number of rotatable bonds is 6. The molecule has 0 atom stereocenters. The van der Waals surface area contributed by atoms with Crippen LogP contribution >= 0.6 is 11.6 Å². The minimum atomic E-state index is 0.0156. The smallest absolute Gasteiger partial charge is 0.150 e. The van der Waals surface area contributed by atoms with Gasteiger partial charge in [0.2, 0.25) is 0 Å². The number of aryl methyl sites for hydroxylation is 1. The lowest BCUT2D eigenvalue weighted by molar-refractivity contribution is -0.117. The molecule has 0 aromatic heterocycles. The van der Waals surface area contributed by atoms with Crippen LogP contribution in [0.4, 0.5) is 0 Å². The van der Waals surface area contributed by atoms with E-state index in [9.17, 15) is 4.79 Å². The van der Waals surface area contributed by atoms with Crippen LogP contribution < -0.4 is 4.74 Å². The van der Waals surface area contributed by atoms with Gasteiger partial charge in [-0.3, -0.25) is 4.79 Å². The molecule has 82 valence electrons. The van der Waals surface area contributed by atoms with Gasteiger partial charge in [0, 0.05) is 6.42 Å². The van der Waals surface area contributed by atoms with Gasteiger partial charge in [0.25, 0.3) is 0 Å². The number of alkyl halides is 1. The summed E-state index contributed by atoms with van der Waals surface area (Å²) in [5.74, 6) is 0.884. The van der Waals surface area contributed by atoms with Crippen molar-refractivity contribution in [3.05, 3.63) is 29.8 Å².